The predicted molar refractivity (Wildman–Crippen MR) is 73.3 cm³/mol. The molecule has 2 atom stereocenters. The van der Waals surface area contributed by atoms with Crippen molar-refractivity contribution >= 4 is 15.9 Å². The van der Waals surface area contributed by atoms with Gasteiger partial charge in [-0.15, -0.1) is 0 Å². The van der Waals surface area contributed by atoms with Gasteiger partial charge in [-0.05, 0) is 43.7 Å². The van der Waals surface area contributed by atoms with Gasteiger partial charge in [-0.3, -0.25) is 0 Å². The third kappa shape index (κ3) is 4.26. The minimum absolute atomic E-state index is 0.339. The van der Waals surface area contributed by atoms with Crippen LogP contribution in [-0.4, -0.2) is 18.5 Å². The van der Waals surface area contributed by atoms with E-state index in [0.29, 0.717) is 12.0 Å². The number of benzene rings is 1. The Bertz CT molecular complexity index is 311. The number of hydrogen-bond donors (Lipinski definition) is 0. The molecule has 0 radical (unpaired) electrons. The molecule has 0 saturated carbocycles. The minimum atomic E-state index is 0.339. The van der Waals surface area contributed by atoms with Crippen LogP contribution in [0.1, 0.15) is 24.5 Å². The lowest BCUT2D eigenvalue weighted by Crippen LogP contribution is -2.16. The molecule has 0 amide bonds. The third-order valence-corrected chi connectivity index (χ3v) is 3.97. The fourth-order valence-electron chi connectivity index (χ4n) is 1.92. The Kier molecular flexibility index (Phi) is 6.07. The van der Waals surface area contributed by atoms with Crippen molar-refractivity contribution in [3.8, 4) is 0 Å². The quantitative estimate of drug-likeness (QED) is 0.718. The van der Waals surface area contributed by atoms with Gasteiger partial charge >= 0.3 is 0 Å². The second-order valence-corrected chi connectivity index (χ2v) is 5.08. The molecule has 2 heteroatoms. The van der Waals surface area contributed by atoms with Crippen molar-refractivity contribution in [2.45, 2.75) is 32.8 Å². The summed E-state index contributed by atoms with van der Waals surface area (Å²) < 4.78 is 5.33. The maximum absolute atomic E-state index is 5.33. The first kappa shape index (κ1) is 13.7. The molecule has 1 rings (SSSR count). The molecule has 0 aliphatic carbocycles. The van der Waals surface area contributed by atoms with Crippen LogP contribution in [0.2, 0.25) is 0 Å². The van der Waals surface area contributed by atoms with Crippen molar-refractivity contribution in [3.63, 3.8) is 0 Å². The van der Waals surface area contributed by atoms with E-state index in [0.717, 1.165) is 18.2 Å². The van der Waals surface area contributed by atoms with Crippen LogP contribution in [0.5, 0.6) is 0 Å². The van der Waals surface area contributed by atoms with Crippen molar-refractivity contribution in [2.75, 3.05) is 12.4 Å². The summed E-state index contributed by atoms with van der Waals surface area (Å²) in [5, 5.41) is 1.04. The van der Waals surface area contributed by atoms with Crippen LogP contribution in [0.25, 0.3) is 0 Å². The second kappa shape index (κ2) is 7.08. The number of aryl methyl sites for hydroxylation is 1. The fourth-order valence-corrected chi connectivity index (χ4v) is 2.41. The highest BCUT2D eigenvalue weighted by Crippen LogP contribution is 2.19. The van der Waals surface area contributed by atoms with Crippen molar-refractivity contribution in [2.24, 2.45) is 5.92 Å². The molecule has 1 aromatic carbocycles. The minimum Gasteiger partial charge on any atom is -0.382 e. The SMILES string of the molecule is COC(C)CC(CBr)Cc1ccccc1C. The maximum Gasteiger partial charge on any atom is 0.0546 e. The summed E-state index contributed by atoms with van der Waals surface area (Å²) in [7, 11) is 1.78. The number of methoxy groups -OCH3 is 1. The van der Waals surface area contributed by atoms with Gasteiger partial charge in [0.1, 0.15) is 0 Å². The lowest BCUT2D eigenvalue weighted by molar-refractivity contribution is 0.0981. The molecule has 0 saturated heterocycles. The van der Waals surface area contributed by atoms with E-state index < -0.39 is 0 Å². The Hall–Kier alpha value is -0.340. The van der Waals surface area contributed by atoms with E-state index in [2.05, 4.69) is 54.0 Å². The Morgan fingerprint density at radius 1 is 1.31 bits per heavy atom. The van der Waals surface area contributed by atoms with E-state index in [-0.39, 0.29) is 0 Å². The molecule has 0 spiro atoms. The van der Waals surface area contributed by atoms with E-state index in [1.165, 1.54) is 11.1 Å². The van der Waals surface area contributed by atoms with Crippen LogP contribution in [0, 0.1) is 12.8 Å². The molecule has 0 bridgehead atoms. The number of rotatable bonds is 6. The van der Waals surface area contributed by atoms with Gasteiger partial charge in [0.25, 0.3) is 0 Å². The molecule has 1 aromatic rings. The monoisotopic (exact) mass is 284 g/mol. The summed E-state index contributed by atoms with van der Waals surface area (Å²) >= 11 is 3.60. The van der Waals surface area contributed by atoms with Gasteiger partial charge in [0.05, 0.1) is 6.10 Å². The van der Waals surface area contributed by atoms with Crippen molar-refractivity contribution < 1.29 is 4.74 Å². The molecule has 90 valence electrons. The van der Waals surface area contributed by atoms with Crippen LogP contribution in [0.15, 0.2) is 24.3 Å². The molecular weight excluding hydrogens is 264 g/mol. The molecule has 0 N–H and O–H groups in total. The topological polar surface area (TPSA) is 9.23 Å². The van der Waals surface area contributed by atoms with Crippen LogP contribution < -0.4 is 0 Å². The Morgan fingerprint density at radius 2 is 2.00 bits per heavy atom. The number of hydrogen-bond acceptors (Lipinski definition) is 1. The molecular formula is C14H21BrO. The Balaban J connectivity index is 2.60. The highest BCUT2D eigenvalue weighted by molar-refractivity contribution is 9.09. The van der Waals surface area contributed by atoms with Gasteiger partial charge < -0.3 is 4.74 Å². The van der Waals surface area contributed by atoms with Gasteiger partial charge in [-0.2, -0.15) is 0 Å². The zero-order valence-electron chi connectivity index (χ0n) is 10.4. The number of alkyl halides is 1. The zero-order valence-corrected chi connectivity index (χ0v) is 12.0. The predicted octanol–water partition coefficient (Wildman–Crippen LogP) is 3.97. The van der Waals surface area contributed by atoms with E-state index in [1.807, 2.05) is 0 Å². The summed E-state index contributed by atoms with van der Waals surface area (Å²) in [6.45, 7) is 4.31. The number of ether oxygens (including phenoxy) is 1. The lowest BCUT2D eigenvalue weighted by Gasteiger charge is -2.19. The summed E-state index contributed by atoms with van der Waals surface area (Å²) in [6, 6.07) is 8.62. The lowest BCUT2D eigenvalue weighted by atomic mass is 9.93. The average molecular weight is 285 g/mol. The molecule has 0 aliphatic rings. The number of halogens is 1. The van der Waals surface area contributed by atoms with Crippen molar-refractivity contribution in [1.82, 2.24) is 0 Å². The molecule has 16 heavy (non-hydrogen) atoms. The zero-order chi connectivity index (χ0) is 12.0. The van der Waals surface area contributed by atoms with Crippen molar-refractivity contribution in [3.05, 3.63) is 35.4 Å². The smallest absolute Gasteiger partial charge is 0.0546 e. The Morgan fingerprint density at radius 3 is 2.56 bits per heavy atom. The largest absolute Gasteiger partial charge is 0.382 e. The molecule has 1 nitrogen and oxygen atoms in total. The van der Waals surface area contributed by atoms with Crippen LogP contribution >= 0.6 is 15.9 Å². The van der Waals surface area contributed by atoms with E-state index >= 15 is 0 Å². The van der Waals surface area contributed by atoms with Gasteiger partial charge in [0.15, 0.2) is 0 Å². The molecule has 0 heterocycles. The van der Waals surface area contributed by atoms with Gasteiger partial charge in [0, 0.05) is 12.4 Å². The summed E-state index contributed by atoms with van der Waals surface area (Å²) in [4.78, 5) is 0. The molecule has 0 aromatic heterocycles. The molecule has 0 fully saturated rings. The average Bonchev–Trinajstić information content (AvgIpc) is 2.30. The standard InChI is InChI=1S/C14H21BrO/c1-11-6-4-5-7-14(11)9-13(10-15)8-12(2)16-3/h4-7,12-13H,8-10H2,1-3H3. The van der Waals surface area contributed by atoms with Gasteiger partial charge in [0.2, 0.25) is 0 Å². The van der Waals surface area contributed by atoms with E-state index in [1.54, 1.807) is 7.11 Å². The highest BCUT2D eigenvalue weighted by atomic mass is 79.9. The van der Waals surface area contributed by atoms with E-state index in [4.69, 9.17) is 4.74 Å². The summed E-state index contributed by atoms with van der Waals surface area (Å²) in [5.74, 6) is 0.649. The summed E-state index contributed by atoms with van der Waals surface area (Å²) in [5.41, 5.74) is 2.84. The summed E-state index contributed by atoms with van der Waals surface area (Å²) in [6.07, 6.45) is 2.58. The molecule has 2 unspecified atom stereocenters. The van der Waals surface area contributed by atoms with Crippen LogP contribution in [-0.2, 0) is 11.2 Å². The van der Waals surface area contributed by atoms with E-state index in [9.17, 15) is 0 Å². The highest BCUT2D eigenvalue weighted by Gasteiger charge is 2.13. The normalized spacial score (nSPS) is 14.8. The Labute approximate surface area is 107 Å². The fraction of sp³-hybridized carbons (Fsp3) is 0.571. The van der Waals surface area contributed by atoms with Gasteiger partial charge in [-0.25, -0.2) is 0 Å². The van der Waals surface area contributed by atoms with Crippen LogP contribution in [0.4, 0.5) is 0 Å². The first-order chi connectivity index (χ1) is 7.67. The van der Waals surface area contributed by atoms with Gasteiger partial charge in [-0.1, -0.05) is 40.2 Å². The molecule has 0 aliphatic heterocycles. The first-order valence-corrected chi connectivity index (χ1v) is 6.92. The second-order valence-electron chi connectivity index (χ2n) is 4.43. The maximum atomic E-state index is 5.33. The first-order valence-electron chi connectivity index (χ1n) is 5.80. The third-order valence-electron chi connectivity index (χ3n) is 3.06. The van der Waals surface area contributed by atoms with Crippen LogP contribution in [0.3, 0.4) is 0 Å². The van der Waals surface area contributed by atoms with Crippen molar-refractivity contribution in [1.29, 1.82) is 0 Å².